The Hall–Kier alpha value is -1.35. The minimum Gasteiger partial charge on any atom is -0.431 e. The molecule has 1 aromatic rings. The monoisotopic (exact) mass is 248 g/mol. The molecular weight excluding hydrogens is 228 g/mol. The minimum atomic E-state index is -1.15. The molecule has 98 valence electrons. The normalized spacial score (nSPS) is 19.4. The smallest absolute Gasteiger partial charge is 0.314 e. The summed E-state index contributed by atoms with van der Waals surface area (Å²) in [5.74, 6) is -0.251. The van der Waals surface area contributed by atoms with Crippen LogP contribution in [0, 0.1) is 5.41 Å². The SMILES string of the molecule is CCC1(C(=O)OC(O)c2ccccc2)CCCC1. The molecule has 3 nitrogen and oxygen atoms in total. The van der Waals surface area contributed by atoms with Crippen LogP contribution in [-0.4, -0.2) is 11.1 Å². The van der Waals surface area contributed by atoms with Crippen molar-refractivity contribution in [2.24, 2.45) is 5.41 Å². The Balaban J connectivity index is 2.03. The lowest BCUT2D eigenvalue weighted by Crippen LogP contribution is -2.30. The van der Waals surface area contributed by atoms with Crippen LogP contribution in [-0.2, 0) is 9.53 Å². The Kier molecular flexibility index (Phi) is 4.02. The zero-order chi connectivity index (χ0) is 13.0. The molecule has 0 amide bonds. The molecule has 0 heterocycles. The maximum Gasteiger partial charge on any atom is 0.314 e. The van der Waals surface area contributed by atoms with Gasteiger partial charge in [0.05, 0.1) is 5.41 Å². The highest BCUT2D eigenvalue weighted by Gasteiger charge is 2.41. The molecule has 0 saturated heterocycles. The Morgan fingerprint density at radius 3 is 2.50 bits per heavy atom. The maximum atomic E-state index is 12.2. The number of benzene rings is 1. The van der Waals surface area contributed by atoms with Gasteiger partial charge in [-0.3, -0.25) is 4.79 Å². The number of hydrogen-bond donors (Lipinski definition) is 1. The first-order valence-corrected chi connectivity index (χ1v) is 6.62. The van der Waals surface area contributed by atoms with Gasteiger partial charge in [-0.05, 0) is 19.3 Å². The van der Waals surface area contributed by atoms with E-state index in [2.05, 4.69) is 0 Å². The molecule has 0 radical (unpaired) electrons. The molecule has 1 N–H and O–H groups in total. The largest absolute Gasteiger partial charge is 0.431 e. The van der Waals surface area contributed by atoms with Crippen LogP contribution in [0.1, 0.15) is 50.9 Å². The number of aliphatic hydroxyl groups is 1. The molecule has 18 heavy (non-hydrogen) atoms. The fraction of sp³-hybridized carbons (Fsp3) is 0.533. The quantitative estimate of drug-likeness (QED) is 0.657. The summed E-state index contributed by atoms with van der Waals surface area (Å²) in [4.78, 5) is 12.2. The van der Waals surface area contributed by atoms with E-state index in [1.54, 1.807) is 12.1 Å². The average Bonchev–Trinajstić information content (AvgIpc) is 2.89. The van der Waals surface area contributed by atoms with E-state index >= 15 is 0 Å². The minimum absolute atomic E-state index is 0.251. The van der Waals surface area contributed by atoms with Crippen LogP contribution >= 0.6 is 0 Å². The van der Waals surface area contributed by atoms with E-state index in [4.69, 9.17) is 4.74 Å². The first-order chi connectivity index (χ1) is 8.68. The molecular formula is C15H20O3. The Morgan fingerprint density at radius 2 is 1.94 bits per heavy atom. The van der Waals surface area contributed by atoms with Gasteiger partial charge in [0.15, 0.2) is 0 Å². The molecule has 1 atom stereocenters. The maximum absolute atomic E-state index is 12.2. The molecule has 1 unspecified atom stereocenters. The van der Waals surface area contributed by atoms with Crippen LogP contribution in [0.2, 0.25) is 0 Å². The third-order valence-electron chi connectivity index (χ3n) is 3.97. The van der Waals surface area contributed by atoms with Gasteiger partial charge in [0, 0.05) is 5.56 Å². The van der Waals surface area contributed by atoms with Gasteiger partial charge in [-0.15, -0.1) is 0 Å². The first-order valence-electron chi connectivity index (χ1n) is 6.62. The summed E-state index contributed by atoms with van der Waals surface area (Å²) in [6, 6.07) is 9.01. The second-order valence-electron chi connectivity index (χ2n) is 5.01. The van der Waals surface area contributed by atoms with Crippen molar-refractivity contribution < 1.29 is 14.6 Å². The third-order valence-corrected chi connectivity index (χ3v) is 3.97. The van der Waals surface area contributed by atoms with Gasteiger partial charge in [-0.2, -0.15) is 0 Å². The molecule has 0 aliphatic heterocycles. The number of ether oxygens (including phenoxy) is 1. The summed E-state index contributed by atoms with van der Waals surface area (Å²) in [6.07, 6.45) is 3.54. The fourth-order valence-electron chi connectivity index (χ4n) is 2.67. The van der Waals surface area contributed by atoms with Gasteiger partial charge in [-0.1, -0.05) is 50.1 Å². The van der Waals surface area contributed by atoms with Crippen molar-refractivity contribution in [1.82, 2.24) is 0 Å². The van der Waals surface area contributed by atoms with Crippen molar-refractivity contribution in [1.29, 1.82) is 0 Å². The van der Waals surface area contributed by atoms with Gasteiger partial charge in [0.2, 0.25) is 6.29 Å². The zero-order valence-electron chi connectivity index (χ0n) is 10.8. The fourth-order valence-corrected chi connectivity index (χ4v) is 2.67. The number of carbonyl (C=O) groups is 1. The number of rotatable bonds is 4. The van der Waals surface area contributed by atoms with E-state index < -0.39 is 6.29 Å². The van der Waals surface area contributed by atoms with Gasteiger partial charge in [-0.25, -0.2) is 0 Å². The zero-order valence-corrected chi connectivity index (χ0v) is 10.8. The topological polar surface area (TPSA) is 46.5 Å². The average molecular weight is 248 g/mol. The summed E-state index contributed by atoms with van der Waals surface area (Å²) in [5, 5.41) is 9.92. The van der Waals surface area contributed by atoms with Crippen LogP contribution in [0.5, 0.6) is 0 Å². The summed E-state index contributed by atoms with van der Waals surface area (Å²) in [6.45, 7) is 2.02. The lowest BCUT2D eigenvalue weighted by molar-refractivity contribution is -0.181. The van der Waals surface area contributed by atoms with Crippen molar-refractivity contribution in [2.75, 3.05) is 0 Å². The molecule has 3 heteroatoms. The predicted molar refractivity (Wildman–Crippen MR) is 68.7 cm³/mol. The molecule has 0 spiro atoms. The Bertz CT molecular complexity index is 393. The lowest BCUT2D eigenvalue weighted by atomic mass is 9.83. The summed E-state index contributed by atoms with van der Waals surface area (Å²) >= 11 is 0. The van der Waals surface area contributed by atoms with Crippen LogP contribution < -0.4 is 0 Å². The van der Waals surface area contributed by atoms with Crippen molar-refractivity contribution in [2.45, 2.75) is 45.3 Å². The highest BCUT2D eigenvalue weighted by atomic mass is 16.6. The van der Waals surface area contributed by atoms with E-state index in [-0.39, 0.29) is 11.4 Å². The Labute approximate surface area is 108 Å². The van der Waals surface area contributed by atoms with Gasteiger partial charge in [0.25, 0.3) is 0 Å². The highest BCUT2D eigenvalue weighted by Crippen LogP contribution is 2.42. The molecule has 1 fully saturated rings. The van der Waals surface area contributed by atoms with Crippen LogP contribution in [0.15, 0.2) is 30.3 Å². The van der Waals surface area contributed by atoms with E-state index in [0.717, 1.165) is 32.1 Å². The second-order valence-corrected chi connectivity index (χ2v) is 5.01. The van der Waals surface area contributed by atoms with Crippen molar-refractivity contribution >= 4 is 5.97 Å². The number of aliphatic hydroxyl groups excluding tert-OH is 1. The predicted octanol–water partition coefficient (Wildman–Crippen LogP) is 3.19. The van der Waals surface area contributed by atoms with E-state index in [1.165, 1.54) is 0 Å². The van der Waals surface area contributed by atoms with Crippen molar-refractivity contribution in [3.63, 3.8) is 0 Å². The van der Waals surface area contributed by atoms with E-state index in [9.17, 15) is 9.90 Å². The van der Waals surface area contributed by atoms with Crippen LogP contribution in [0.3, 0.4) is 0 Å². The Morgan fingerprint density at radius 1 is 1.33 bits per heavy atom. The molecule has 1 aliphatic carbocycles. The summed E-state index contributed by atoms with van der Waals surface area (Å²) in [5.41, 5.74) is 0.255. The molecule has 1 aromatic carbocycles. The van der Waals surface area contributed by atoms with E-state index in [0.29, 0.717) is 5.56 Å². The second kappa shape index (κ2) is 5.53. The van der Waals surface area contributed by atoms with Gasteiger partial charge in [0.1, 0.15) is 0 Å². The van der Waals surface area contributed by atoms with Gasteiger partial charge >= 0.3 is 5.97 Å². The molecule has 0 bridgehead atoms. The molecule has 0 aromatic heterocycles. The third kappa shape index (κ3) is 2.56. The number of esters is 1. The lowest BCUT2D eigenvalue weighted by Gasteiger charge is -2.26. The van der Waals surface area contributed by atoms with Crippen molar-refractivity contribution in [3.8, 4) is 0 Å². The molecule has 2 rings (SSSR count). The van der Waals surface area contributed by atoms with Crippen LogP contribution in [0.25, 0.3) is 0 Å². The number of carbonyl (C=O) groups excluding carboxylic acids is 1. The highest BCUT2D eigenvalue weighted by molar-refractivity contribution is 5.77. The standard InChI is InChI=1S/C15H20O3/c1-2-15(10-6-7-11-15)14(17)18-13(16)12-8-4-3-5-9-12/h3-5,8-9,13,16H,2,6-7,10-11H2,1H3. The number of hydrogen-bond acceptors (Lipinski definition) is 3. The molecule has 1 saturated carbocycles. The first kappa shape index (κ1) is 13.1. The molecule has 1 aliphatic rings. The van der Waals surface area contributed by atoms with Gasteiger partial charge < -0.3 is 9.84 Å². The van der Waals surface area contributed by atoms with Crippen LogP contribution in [0.4, 0.5) is 0 Å². The van der Waals surface area contributed by atoms with E-state index in [1.807, 2.05) is 25.1 Å². The summed E-state index contributed by atoms with van der Waals surface area (Å²) < 4.78 is 5.23. The van der Waals surface area contributed by atoms with Crippen molar-refractivity contribution in [3.05, 3.63) is 35.9 Å². The summed E-state index contributed by atoms with van der Waals surface area (Å²) in [7, 11) is 0.